The van der Waals surface area contributed by atoms with Gasteiger partial charge in [-0.2, -0.15) is 0 Å². The average molecular weight is 766 g/mol. The molecule has 0 radical (unpaired) electrons. The molecule has 0 aliphatic heterocycles. The van der Waals surface area contributed by atoms with Crippen molar-refractivity contribution in [3.8, 4) is 0 Å². The zero-order valence-electron chi connectivity index (χ0n) is 32.8. The topological polar surface area (TPSA) is 122 Å². The summed E-state index contributed by atoms with van der Waals surface area (Å²) in [6.07, 6.45) is 2.40. The lowest BCUT2D eigenvalue weighted by molar-refractivity contribution is -0.903. The van der Waals surface area contributed by atoms with Crippen LogP contribution in [0.1, 0.15) is 110 Å². The molecule has 0 saturated carbocycles. The van der Waals surface area contributed by atoms with Gasteiger partial charge in [-0.1, -0.05) is 82.3 Å². The largest absolute Gasteiger partial charge is 1.00 e. The van der Waals surface area contributed by atoms with E-state index in [9.17, 15) is 19.2 Å². The third-order valence-corrected chi connectivity index (χ3v) is 8.39. The first-order valence-electron chi connectivity index (χ1n) is 17.5. The Labute approximate surface area is 313 Å². The fourth-order valence-corrected chi connectivity index (χ4v) is 3.80. The zero-order chi connectivity index (χ0) is 37.8. The van der Waals surface area contributed by atoms with Gasteiger partial charge in [0.1, 0.15) is 26.3 Å². The highest BCUT2D eigenvalue weighted by Gasteiger charge is 2.28. The Hall–Kier alpha value is -3.08. The second-order valence-corrected chi connectivity index (χ2v) is 14.5. The second-order valence-electron chi connectivity index (χ2n) is 14.5. The molecule has 0 aliphatic rings. The summed E-state index contributed by atoms with van der Waals surface area (Å²) in [4.78, 5) is 46.7. The Morgan fingerprint density at radius 2 is 1.24 bits per heavy atom. The van der Waals surface area contributed by atoms with Gasteiger partial charge in [0.05, 0.1) is 36.9 Å². The van der Waals surface area contributed by atoms with Gasteiger partial charge in [0.15, 0.2) is 5.78 Å². The summed E-state index contributed by atoms with van der Waals surface area (Å²) in [5.41, 5.74) is 7.03. The number of halogens is 1. The van der Waals surface area contributed by atoms with Gasteiger partial charge >= 0.3 is 17.9 Å². The lowest BCUT2D eigenvalue weighted by atomic mass is 9.91. The van der Waals surface area contributed by atoms with Crippen LogP contribution >= 0.6 is 0 Å². The van der Waals surface area contributed by atoms with E-state index in [1.807, 2.05) is 124 Å². The minimum atomic E-state index is -0.366. The normalized spacial score (nSPS) is 11.8. The van der Waals surface area contributed by atoms with Crippen LogP contribution in [0.4, 0.5) is 0 Å². The van der Waals surface area contributed by atoms with E-state index in [0.717, 1.165) is 37.9 Å². The summed E-state index contributed by atoms with van der Waals surface area (Å²) in [7, 11) is 4.22. The van der Waals surface area contributed by atoms with Crippen molar-refractivity contribution in [3.05, 3.63) is 71.3 Å². The predicted molar refractivity (Wildman–Crippen MR) is 197 cm³/mol. The van der Waals surface area contributed by atoms with E-state index in [4.69, 9.17) is 19.9 Å². The number of benzene rings is 2. The lowest BCUT2D eigenvalue weighted by Crippen LogP contribution is -3.00. The summed E-state index contributed by atoms with van der Waals surface area (Å²) in [5, 5.41) is 0. The Morgan fingerprint density at radius 3 is 1.70 bits per heavy atom. The minimum absolute atomic E-state index is 0. The number of ketones is 1. The number of hydrogen-bond acceptors (Lipinski definition) is 8. The maximum atomic E-state index is 12.5. The maximum absolute atomic E-state index is 12.5. The van der Waals surface area contributed by atoms with Crippen LogP contribution in [-0.4, -0.2) is 74.7 Å². The van der Waals surface area contributed by atoms with Gasteiger partial charge in [-0.05, 0) is 60.8 Å². The van der Waals surface area contributed by atoms with Crippen molar-refractivity contribution in [1.29, 1.82) is 0 Å². The Morgan fingerprint density at radius 1 is 0.740 bits per heavy atom. The van der Waals surface area contributed by atoms with Gasteiger partial charge in [-0.15, -0.1) is 0 Å². The number of nitrogens with zero attached hydrogens (tertiary/aromatic N) is 1. The molecular weight excluding hydrogens is 700 g/mol. The highest BCUT2D eigenvalue weighted by atomic mass is 79.9. The first kappa shape index (κ1) is 49.0. The van der Waals surface area contributed by atoms with Gasteiger partial charge in [0.2, 0.25) is 0 Å². The summed E-state index contributed by atoms with van der Waals surface area (Å²) in [6, 6.07) is 17.1. The SMILES string of the molecule is CCC(C)(C)C(=O)OC(C)C.CCC(C)(C)C(=O)OCCN.CCC(C)C(=O)OCC[N+](C)(C)Cc1ccc(C(=O)c2ccccc2)cc1.[Br-]. The van der Waals surface area contributed by atoms with Crippen LogP contribution in [0.3, 0.4) is 0 Å². The van der Waals surface area contributed by atoms with Crippen molar-refractivity contribution < 1.29 is 54.9 Å². The summed E-state index contributed by atoms with van der Waals surface area (Å²) >= 11 is 0. The van der Waals surface area contributed by atoms with Gasteiger partial charge in [0.25, 0.3) is 0 Å². The van der Waals surface area contributed by atoms with E-state index < -0.39 is 0 Å². The molecule has 0 heterocycles. The van der Waals surface area contributed by atoms with Crippen LogP contribution in [0, 0.1) is 16.7 Å². The Bertz CT molecular complexity index is 1280. The molecule has 1 atom stereocenters. The summed E-state index contributed by atoms with van der Waals surface area (Å²) in [5.74, 6) is -0.398. The van der Waals surface area contributed by atoms with Crippen molar-refractivity contribution in [3.63, 3.8) is 0 Å². The molecule has 1 unspecified atom stereocenters. The third kappa shape index (κ3) is 19.3. The van der Waals surface area contributed by atoms with Crippen LogP contribution in [0.15, 0.2) is 54.6 Å². The standard InChI is InChI=1S/C23H30NO3.C9H18O2.C8H17NO2.BrH/c1-5-18(2)23(26)27-16-15-24(3,4)17-19-11-13-21(14-12-19)22(25)20-9-7-6-8-10-20;1-6-9(4,5)8(10)11-7(2)3;1-4-8(2,3)7(10)11-6-5-9;/h6-14,18H,5,15-17H2,1-4H3;7H,6H2,1-5H3;4-6,9H2,1-3H3;1H/q+1;;;/p-1. The molecule has 2 N–H and O–H groups in total. The predicted octanol–water partition coefficient (Wildman–Crippen LogP) is 4.39. The summed E-state index contributed by atoms with van der Waals surface area (Å²) < 4.78 is 16.0. The van der Waals surface area contributed by atoms with Gasteiger partial charge in [-0.25, -0.2) is 0 Å². The van der Waals surface area contributed by atoms with Crippen LogP contribution in [-0.2, 0) is 35.1 Å². The van der Waals surface area contributed by atoms with Crippen molar-refractivity contribution in [2.75, 3.05) is 40.4 Å². The van der Waals surface area contributed by atoms with Crippen LogP contribution in [0.5, 0.6) is 0 Å². The van der Waals surface area contributed by atoms with Crippen LogP contribution in [0.25, 0.3) is 0 Å². The second kappa shape index (κ2) is 24.2. The molecule has 0 fully saturated rings. The van der Waals surface area contributed by atoms with Gasteiger partial charge in [0, 0.05) is 23.2 Å². The molecule has 0 spiro atoms. The Balaban J connectivity index is 0. The maximum Gasteiger partial charge on any atom is 0.311 e. The Kier molecular flexibility index (Phi) is 23.7. The molecule has 9 nitrogen and oxygen atoms in total. The van der Waals surface area contributed by atoms with Crippen molar-refractivity contribution in [2.24, 2.45) is 22.5 Å². The number of nitrogens with two attached hydrogens (primary N) is 1. The number of likely N-dealkylation sites (N-methyl/N-ethyl adjacent to an activating group) is 1. The molecule has 0 bridgehead atoms. The molecule has 50 heavy (non-hydrogen) atoms. The number of carbonyl (C=O) groups is 4. The fraction of sp³-hybridized carbons (Fsp3) is 0.600. The fourth-order valence-electron chi connectivity index (χ4n) is 3.80. The van der Waals surface area contributed by atoms with Crippen molar-refractivity contribution in [2.45, 2.75) is 101 Å². The van der Waals surface area contributed by atoms with E-state index in [1.54, 1.807) is 0 Å². The minimum Gasteiger partial charge on any atom is -1.00 e. The van der Waals surface area contributed by atoms with E-state index in [1.165, 1.54) is 0 Å². The highest BCUT2D eigenvalue weighted by molar-refractivity contribution is 6.08. The first-order chi connectivity index (χ1) is 22.8. The number of ether oxygens (including phenoxy) is 3. The van der Waals surface area contributed by atoms with E-state index in [2.05, 4.69) is 14.1 Å². The van der Waals surface area contributed by atoms with E-state index >= 15 is 0 Å². The molecule has 10 heteroatoms. The molecule has 0 aromatic heterocycles. The number of rotatable bonds is 16. The van der Waals surface area contributed by atoms with Gasteiger partial charge in [-0.3, -0.25) is 19.2 Å². The number of quaternary nitrogens is 1. The molecule has 2 aromatic rings. The number of carbonyl (C=O) groups excluding carboxylic acids is 4. The molecule has 2 rings (SSSR count). The number of esters is 3. The number of hydrogen-bond donors (Lipinski definition) is 1. The molecule has 2 aromatic carbocycles. The third-order valence-electron chi connectivity index (χ3n) is 8.39. The first-order valence-corrected chi connectivity index (χ1v) is 17.5. The molecule has 0 saturated heterocycles. The van der Waals surface area contributed by atoms with E-state index in [0.29, 0.717) is 35.4 Å². The highest BCUT2D eigenvalue weighted by Crippen LogP contribution is 2.22. The van der Waals surface area contributed by atoms with Crippen molar-refractivity contribution >= 4 is 23.7 Å². The lowest BCUT2D eigenvalue weighted by Gasteiger charge is -2.29. The zero-order valence-corrected chi connectivity index (χ0v) is 34.4. The van der Waals surface area contributed by atoms with Crippen molar-refractivity contribution in [1.82, 2.24) is 0 Å². The molecule has 0 amide bonds. The van der Waals surface area contributed by atoms with Crippen LogP contribution in [0.2, 0.25) is 0 Å². The van der Waals surface area contributed by atoms with Gasteiger partial charge < -0.3 is 41.4 Å². The average Bonchev–Trinajstić information content (AvgIpc) is 3.07. The van der Waals surface area contributed by atoms with E-state index in [-0.39, 0.29) is 63.5 Å². The molecular formula is C40H65BrN2O7. The molecule has 0 aliphatic carbocycles. The summed E-state index contributed by atoms with van der Waals surface area (Å²) in [6.45, 7) is 21.8. The monoisotopic (exact) mass is 764 g/mol. The van der Waals surface area contributed by atoms with Crippen LogP contribution < -0.4 is 22.7 Å². The smallest absolute Gasteiger partial charge is 0.311 e. The quantitative estimate of drug-likeness (QED) is 0.116. The molecule has 284 valence electrons.